The van der Waals surface area contributed by atoms with Crippen molar-refractivity contribution in [2.75, 3.05) is 5.32 Å². The van der Waals surface area contributed by atoms with Crippen LogP contribution in [0.1, 0.15) is 22.9 Å². The number of nitrogens with zero attached hydrogens (tertiary/aromatic N) is 2. The van der Waals surface area contributed by atoms with E-state index in [-0.39, 0.29) is 5.28 Å². The van der Waals surface area contributed by atoms with E-state index in [4.69, 9.17) is 11.6 Å². The average Bonchev–Trinajstić information content (AvgIpc) is 2.85. The molecule has 3 aromatic rings. The van der Waals surface area contributed by atoms with Crippen LogP contribution >= 0.6 is 22.9 Å². The first kappa shape index (κ1) is 14.3. The fraction of sp³-hybridized carbons (Fsp3) is 0.250. The maximum Gasteiger partial charge on any atom is 0.225 e. The molecule has 0 spiro atoms. The summed E-state index contributed by atoms with van der Waals surface area (Å²) < 4.78 is 0. The molecule has 0 amide bonds. The van der Waals surface area contributed by atoms with Crippen LogP contribution in [-0.2, 0) is 6.42 Å². The zero-order chi connectivity index (χ0) is 15.0. The van der Waals surface area contributed by atoms with Crippen LogP contribution in [0.25, 0.3) is 10.2 Å². The number of benzene rings is 1. The lowest BCUT2D eigenvalue weighted by molar-refractivity contribution is 1.19. The van der Waals surface area contributed by atoms with E-state index in [0.717, 1.165) is 28.1 Å². The number of fused-ring (bicyclic) bond motifs is 1. The van der Waals surface area contributed by atoms with E-state index in [2.05, 4.69) is 60.3 Å². The van der Waals surface area contributed by atoms with Gasteiger partial charge in [0.15, 0.2) is 0 Å². The molecule has 0 radical (unpaired) electrons. The largest absolute Gasteiger partial charge is 0.339 e. The van der Waals surface area contributed by atoms with Gasteiger partial charge >= 0.3 is 0 Å². The maximum atomic E-state index is 6.05. The molecular weight excluding hydrogens is 302 g/mol. The minimum atomic E-state index is 0.277. The van der Waals surface area contributed by atoms with Gasteiger partial charge in [-0.15, -0.1) is 11.3 Å². The fourth-order valence-electron chi connectivity index (χ4n) is 2.30. The van der Waals surface area contributed by atoms with Crippen LogP contribution in [0.4, 0.5) is 11.5 Å². The molecule has 0 aliphatic heterocycles. The number of halogens is 1. The highest BCUT2D eigenvalue weighted by Crippen LogP contribution is 2.32. The van der Waals surface area contributed by atoms with E-state index in [1.807, 2.05) is 0 Å². The third-order valence-electron chi connectivity index (χ3n) is 3.40. The Balaban J connectivity index is 2.08. The van der Waals surface area contributed by atoms with E-state index in [9.17, 15) is 0 Å². The summed E-state index contributed by atoms with van der Waals surface area (Å²) >= 11 is 7.72. The first-order valence-electron chi connectivity index (χ1n) is 6.87. The van der Waals surface area contributed by atoms with Crippen LogP contribution in [0, 0.1) is 13.8 Å². The Kier molecular flexibility index (Phi) is 3.83. The Morgan fingerprint density at radius 2 is 2.00 bits per heavy atom. The van der Waals surface area contributed by atoms with Gasteiger partial charge in [0.05, 0.1) is 5.39 Å². The van der Waals surface area contributed by atoms with Crippen molar-refractivity contribution in [1.82, 2.24) is 9.97 Å². The number of hydrogen-bond donors (Lipinski definition) is 1. The van der Waals surface area contributed by atoms with Gasteiger partial charge in [0.25, 0.3) is 0 Å². The number of hydrogen-bond acceptors (Lipinski definition) is 4. The number of nitrogens with one attached hydrogen (secondary N) is 1. The molecule has 0 saturated carbocycles. The highest BCUT2D eigenvalue weighted by Gasteiger charge is 2.11. The second-order valence-electron chi connectivity index (χ2n) is 5.07. The Morgan fingerprint density at radius 1 is 1.19 bits per heavy atom. The molecule has 1 N–H and O–H groups in total. The maximum absolute atomic E-state index is 6.05. The lowest BCUT2D eigenvalue weighted by Crippen LogP contribution is -1.98. The monoisotopic (exact) mass is 317 g/mol. The van der Waals surface area contributed by atoms with Crippen molar-refractivity contribution in [3.63, 3.8) is 0 Å². The standard InChI is InChI=1S/C16H16ClN3S/c1-4-11-8-12-14(19-16(17)20-15(12)21-11)18-13-6-5-9(2)7-10(13)3/h5-8H,4H2,1-3H3,(H,18,19,20). The van der Waals surface area contributed by atoms with Crippen molar-refractivity contribution in [3.8, 4) is 0 Å². The molecule has 3 rings (SSSR count). The van der Waals surface area contributed by atoms with Crippen LogP contribution in [0.2, 0.25) is 5.28 Å². The summed E-state index contributed by atoms with van der Waals surface area (Å²) in [6.45, 7) is 6.31. The molecule has 0 atom stereocenters. The minimum Gasteiger partial charge on any atom is -0.339 e. The zero-order valence-corrected chi connectivity index (χ0v) is 13.8. The molecule has 0 bridgehead atoms. The molecule has 5 heteroatoms. The third kappa shape index (κ3) is 2.87. The third-order valence-corrected chi connectivity index (χ3v) is 4.74. The molecule has 0 saturated heterocycles. The first-order chi connectivity index (χ1) is 10.1. The number of thiophene rings is 1. The topological polar surface area (TPSA) is 37.8 Å². The van der Waals surface area contributed by atoms with E-state index >= 15 is 0 Å². The van der Waals surface area contributed by atoms with Gasteiger partial charge in [0, 0.05) is 10.6 Å². The predicted molar refractivity (Wildman–Crippen MR) is 91.0 cm³/mol. The van der Waals surface area contributed by atoms with Gasteiger partial charge in [-0.25, -0.2) is 4.98 Å². The average molecular weight is 318 g/mol. The normalized spacial score (nSPS) is 11.0. The van der Waals surface area contributed by atoms with E-state index in [0.29, 0.717) is 0 Å². The lowest BCUT2D eigenvalue weighted by Gasteiger charge is -2.10. The van der Waals surface area contributed by atoms with Crippen molar-refractivity contribution < 1.29 is 0 Å². The molecule has 0 aliphatic carbocycles. The zero-order valence-electron chi connectivity index (χ0n) is 12.2. The summed E-state index contributed by atoms with van der Waals surface area (Å²) in [4.78, 5) is 10.9. The Hall–Kier alpha value is -1.65. The van der Waals surface area contributed by atoms with Crippen LogP contribution in [0.15, 0.2) is 24.3 Å². The van der Waals surface area contributed by atoms with Gasteiger partial charge in [-0.1, -0.05) is 24.6 Å². The molecule has 0 unspecified atom stereocenters. The van der Waals surface area contributed by atoms with Gasteiger partial charge in [0.1, 0.15) is 10.6 Å². The first-order valence-corrected chi connectivity index (χ1v) is 8.06. The number of anilines is 2. The summed E-state index contributed by atoms with van der Waals surface area (Å²) in [6.07, 6.45) is 0.988. The molecular formula is C16H16ClN3S. The second kappa shape index (κ2) is 5.62. The second-order valence-corrected chi connectivity index (χ2v) is 6.52. The van der Waals surface area contributed by atoms with Crippen molar-refractivity contribution in [1.29, 1.82) is 0 Å². The van der Waals surface area contributed by atoms with Crippen LogP contribution < -0.4 is 5.32 Å². The van der Waals surface area contributed by atoms with Gasteiger partial charge in [0.2, 0.25) is 5.28 Å². The van der Waals surface area contributed by atoms with Gasteiger partial charge in [-0.3, -0.25) is 0 Å². The number of rotatable bonds is 3. The summed E-state index contributed by atoms with van der Waals surface area (Å²) in [5.74, 6) is 0.771. The highest BCUT2D eigenvalue weighted by atomic mass is 35.5. The van der Waals surface area contributed by atoms with Crippen molar-refractivity contribution in [2.24, 2.45) is 0 Å². The van der Waals surface area contributed by atoms with E-state index < -0.39 is 0 Å². The molecule has 2 aromatic heterocycles. The number of aryl methyl sites for hydroxylation is 3. The Bertz CT molecular complexity index is 811. The van der Waals surface area contributed by atoms with Crippen LogP contribution in [0.5, 0.6) is 0 Å². The van der Waals surface area contributed by atoms with Gasteiger partial charge in [-0.05, 0) is 49.6 Å². The summed E-state index contributed by atoms with van der Waals surface area (Å²) in [6, 6.07) is 8.44. The minimum absolute atomic E-state index is 0.277. The van der Waals surface area contributed by atoms with Crippen molar-refractivity contribution in [2.45, 2.75) is 27.2 Å². The Labute approximate surface area is 133 Å². The predicted octanol–water partition coefficient (Wildman–Crippen LogP) is 5.27. The van der Waals surface area contributed by atoms with E-state index in [1.54, 1.807) is 11.3 Å². The fourth-order valence-corrected chi connectivity index (χ4v) is 3.48. The molecule has 3 nitrogen and oxygen atoms in total. The summed E-state index contributed by atoms with van der Waals surface area (Å²) in [5, 5.41) is 4.70. The number of aromatic nitrogens is 2. The summed E-state index contributed by atoms with van der Waals surface area (Å²) in [5.41, 5.74) is 3.47. The quantitative estimate of drug-likeness (QED) is 0.669. The molecule has 21 heavy (non-hydrogen) atoms. The molecule has 2 heterocycles. The SMILES string of the molecule is CCc1cc2c(Nc3ccc(C)cc3C)nc(Cl)nc2s1. The highest BCUT2D eigenvalue weighted by molar-refractivity contribution is 7.18. The van der Waals surface area contributed by atoms with Crippen LogP contribution in [-0.4, -0.2) is 9.97 Å². The van der Waals surface area contributed by atoms with Crippen LogP contribution in [0.3, 0.4) is 0 Å². The smallest absolute Gasteiger partial charge is 0.225 e. The molecule has 1 aromatic carbocycles. The molecule has 108 valence electrons. The molecule has 0 aliphatic rings. The van der Waals surface area contributed by atoms with Crippen molar-refractivity contribution >= 4 is 44.7 Å². The molecule has 0 fully saturated rings. The van der Waals surface area contributed by atoms with Gasteiger partial charge in [-0.2, -0.15) is 4.98 Å². The van der Waals surface area contributed by atoms with Crippen molar-refractivity contribution in [3.05, 3.63) is 45.6 Å². The van der Waals surface area contributed by atoms with E-state index in [1.165, 1.54) is 16.0 Å². The van der Waals surface area contributed by atoms with Gasteiger partial charge < -0.3 is 5.32 Å². The lowest BCUT2D eigenvalue weighted by atomic mass is 10.1. The Morgan fingerprint density at radius 3 is 2.71 bits per heavy atom. The summed E-state index contributed by atoms with van der Waals surface area (Å²) in [7, 11) is 0.